The van der Waals surface area contributed by atoms with E-state index in [0.29, 0.717) is 23.2 Å². The van der Waals surface area contributed by atoms with Gasteiger partial charge in [-0.05, 0) is 37.3 Å². The Bertz CT molecular complexity index is 445. The van der Waals surface area contributed by atoms with Gasteiger partial charge in [0, 0.05) is 25.8 Å². The van der Waals surface area contributed by atoms with Gasteiger partial charge >= 0.3 is 0 Å². The number of carbonyl (C=O) groups is 1. The van der Waals surface area contributed by atoms with Gasteiger partial charge in [0.05, 0.1) is 5.56 Å². The maximum absolute atomic E-state index is 12.6. The van der Waals surface area contributed by atoms with Crippen LogP contribution in [0.15, 0.2) is 18.3 Å². The molecule has 2 heterocycles. The Morgan fingerprint density at radius 1 is 1.58 bits per heavy atom. The highest BCUT2D eigenvalue weighted by Gasteiger charge is 2.29. The van der Waals surface area contributed by atoms with Gasteiger partial charge in [-0.25, -0.2) is 4.98 Å². The van der Waals surface area contributed by atoms with E-state index in [0.717, 1.165) is 26.1 Å². The average molecular weight is 261 g/mol. The SMILES string of the molecule is CCNc1ncccc1C(=O)N1CCC(C(C)C)C1. The molecule has 1 aliphatic heterocycles. The van der Waals surface area contributed by atoms with Gasteiger partial charge in [0.1, 0.15) is 5.82 Å². The second-order valence-electron chi connectivity index (χ2n) is 5.47. The number of likely N-dealkylation sites (tertiary alicyclic amines) is 1. The Kier molecular flexibility index (Phi) is 4.40. The van der Waals surface area contributed by atoms with Crippen molar-refractivity contribution < 1.29 is 4.79 Å². The number of rotatable bonds is 4. The third kappa shape index (κ3) is 3.06. The van der Waals surface area contributed by atoms with Gasteiger partial charge in [0.2, 0.25) is 0 Å². The summed E-state index contributed by atoms with van der Waals surface area (Å²) in [7, 11) is 0. The van der Waals surface area contributed by atoms with E-state index in [9.17, 15) is 4.79 Å². The van der Waals surface area contributed by atoms with Gasteiger partial charge in [-0.1, -0.05) is 13.8 Å². The lowest BCUT2D eigenvalue weighted by molar-refractivity contribution is 0.0784. The van der Waals surface area contributed by atoms with E-state index >= 15 is 0 Å². The topological polar surface area (TPSA) is 45.2 Å². The van der Waals surface area contributed by atoms with Crippen LogP contribution in [-0.2, 0) is 0 Å². The van der Waals surface area contributed by atoms with Crippen LogP contribution in [0.3, 0.4) is 0 Å². The minimum atomic E-state index is 0.104. The molecule has 1 amide bonds. The minimum absolute atomic E-state index is 0.104. The van der Waals surface area contributed by atoms with Gasteiger partial charge in [-0.15, -0.1) is 0 Å². The first-order valence-corrected chi connectivity index (χ1v) is 7.11. The van der Waals surface area contributed by atoms with Gasteiger partial charge in [0.25, 0.3) is 5.91 Å². The summed E-state index contributed by atoms with van der Waals surface area (Å²) in [6.45, 7) is 8.97. The predicted octanol–water partition coefficient (Wildman–Crippen LogP) is 2.63. The van der Waals surface area contributed by atoms with Crippen molar-refractivity contribution >= 4 is 11.7 Å². The summed E-state index contributed by atoms with van der Waals surface area (Å²) in [5, 5.41) is 3.16. The molecule has 19 heavy (non-hydrogen) atoms. The van der Waals surface area contributed by atoms with Crippen LogP contribution in [-0.4, -0.2) is 35.4 Å². The van der Waals surface area contributed by atoms with Crippen molar-refractivity contribution in [3.63, 3.8) is 0 Å². The highest BCUT2D eigenvalue weighted by atomic mass is 16.2. The number of aromatic nitrogens is 1. The van der Waals surface area contributed by atoms with E-state index in [1.807, 2.05) is 24.0 Å². The number of pyridine rings is 1. The number of amides is 1. The fraction of sp³-hybridized carbons (Fsp3) is 0.600. The first-order valence-electron chi connectivity index (χ1n) is 7.11. The molecule has 0 spiro atoms. The molecular formula is C15H23N3O. The molecule has 0 bridgehead atoms. The Balaban J connectivity index is 2.12. The summed E-state index contributed by atoms with van der Waals surface area (Å²) in [5.74, 6) is 2.07. The molecule has 0 aromatic carbocycles. The zero-order valence-corrected chi connectivity index (χ0v) is 12.0. The zero-order chi connectivity index (χ0) is 13.8. The van der Waals surface area contributed by atoms with E-state index in [1.54, 1.807) is 6.20 Å². The van der Waals surface area contributed by atoms with E-state index in [2.05, 4.69) is 24.1 Å². The monoisotopic (exact) mass is 261 g/mol. The van der Waals surface area contributed by atoms with Crippen LogP contribution >= 0.6 is 0 Å². The maximum atomic E-state index is 12.6. The minimum Gasteiger partial charge on any atom is -0.370 e. The molecular weight excluding hydrogens is 238 g/mol. The van der Waals surface area contributed by atoms with Crippen molar-refractivity contribution in [1.82, 2.24) is 9.88 Å². The second kappa shape index (κ2) is 6.04. The molecule has 1 N–H and O–H groups in total. The molecule has 1 aromatic rings. The lowest BCUT2D eigenvalue weighted by Gasteiger charge is -2.19. The van der Waals surface area contributed by atoms with E-state index in [-0.39, 0.29) is 5.91 Å². The van der Waals surface area contributed by atoms with E-state index < -0.39 is 0 Å². The van der Waals surface area contributed by atoms with Crippen molar-refractivity contribution in [2.45, 2.75) is 27.2 Å². The van der Waals surface area contributed by atoms with Crippen LogP contribution < -0.4 is 5.32 Å². The van der Waals surface area contributed by atoms with E-state index in [1.165, 1.54) is 0 Å². The molecule has 4 nitrogen and oxygen atoms in total. The number of hydrogen-bond acceptors (Lipinski definition) is 3. The summed E-state index contributed by atoms with van der Waals surface area (Å²) >= 11 is 0. The molecule has 104 valence electrons. The predicted molar refractivity (Wildman–Crippen MR) is 77.2 cm³/mol. The summed E-state index contributed by atoms with van der Waals surface area (Å²) < 4.78 is 0. The molecule has 4 heteroatoms. The quantitative estimate of drug-likeness (QED) is 0.906. The van der Waals surface area contributed by atoms with Gasteiger partial charge in [-0.2, -0.15) is 0 Å². The number of hydrogen-bond donors (Lipinski definition) is 1. The number of carbonyl (C=O) groups excluding carboxylic acids is 1. The third-order valence-electron chi connectivity index (χ3n) is 3.84. The normalized spacial score (nSPS) is 18.9. The second-order valence-corrected chi connectivity index (χ2v) is 5.47. The van der Waals surface area contributed by atoms with Crippen molar-refractivity contribution in [3.8, 4) is 0 Å². The molecule has 0 radical (unpaired) electrons. The highest BCUT2D eigenvalue weighted by Crippen LogP contribution is 2.26. The maximum Gasteiger partial charge on any atom is 0.257 e. The largest absolute Gasteiger partial charge is 0.370 e. The molecule has 1 aromatic heterocycles. The fourth-order valence-corrected chi connectivity index (χ4v) is 2.57. The molecule has 2 rings (SSSR count). The molecule has 0 aliphatic carbocycles. The van der Waals surface area contributed by atoms with Crippen molar-refractivity contribution in [2.75, 3.05) is 25.0 Å². The van der Waals surface area contributed by atoms with Crippen molar-refractivity contribution in [2.24, 2.45) is 11.8 Å². The smallest absolute Gasteiger partial charge is 0.257 e. The molecule has 1 atom stereocenters. The first kappa shape index (κ1) is 13.8. The Morgan fingerprint density at radius 3 is 3.00 bits per heavy atom. The van der Waals surface area contributed by atoms with Gasteiger partial charge in [0.15, 0.2) is 0 Å². The zero-order valence-electron chi connectivity index (χ0n) is 12.0. The van der Waals surface area contributed by atoms with Gasteiger partial charge in [-0.3, -0.25) is 4.79 Å². The molecule has 1 fully saturated rings. The summed E-state index contributed by atoms with van der Waals surface area (Å²) in [6, 6.07) is 3.68. The molecule has 1 saturated heterocycles. The fourth-order valence-electron chi connectivity index (χ4n) is 2.57. The van der Waals surface area contributed by atoms with Crippen LogP contribution in [0.2, 0.25) is 0 Å². The van der Waals surface area contributed by atoms with Crippen LogP contribution in [0.25, 0.3) is 0 Å². The van der Waals surface area contributed by atoms with Crippen LogP contribution in [0.4, 0.5) is 5.82 Å². The van der Waals surface area contributed by atoms with E-state index in [4.69, 9.17) is 0 Å². The molecule has 1 aliphatic rings. The Morgan fingerprint density at radius 2 is 2.37 bits per heavy atom. The lowest BCUT2D eigenvalue weighted by atomic mass is 9.95. The van der Waals surface area contributed by atoms with Crippen molar-refractivity contribution in [3.05, 3.63) is 23.9 Å². The molecule has 1 unspecified atom stereocenters. The standard InChI is InChI=1S/C15H23N3O/c1-4-16-14-13(6-5-8-17-14)15(19)18-9-7-12(10-18)11(2)3/h5-6,8,11-12H,4,7,9-10H2,1-3H3,(H,16,17). The van der Waals surface area contributed by atoms with Gasteiger partial charge < -0.3 is 10.2 Å². The Hall–Kier alpha value is -1.58. The van der Waals surface area contributed by atoms with Crippen LogP contribution in [0, 0.1) is 11.8 Å². The summed E-state index contributed by atoms with van der Waals surface area (Å²) in [4.78, 5) is 18.8. The summed E-state index contributed by atoms with van der Waals surface area (Å²) in [6.07, 6.45) is 2.83. The average Bonchev–Trinajstić information content (AvgIpc) is 2.89. The number of anilines is 1. The molecule has 0 saturated carbocycles. The summed E-state index contributed by atoms with van der Waals surface area (Å²) in [5.41, 5.74) is 0.689. The van der Waals surface area contributed by atoms with Crippen LogP contribution in [0.5, 0.6) is 0 Å². The first-order chi connectivity index (χ1) is 9.13. The third-order valence-corrected chi connectivity index (χ3v) is 3.84. The highest BCUT2D eigenvalue weighted by molar-refractivity contribution is 5.98. The lowest BCUT2D eigenvalue weighted by Crippen LogP contribution is -2.30. The van der Waals surface area contributed by atoms with Crippen LogP contribution in [0.1, 0.15) is 37.6 Å². The number of nitrogens with one attached hydrogen (secondary N) is 1. The number of nitrogens with zero attached hydrogens (tertiary/aromatic N) is 2. The Labute approximate surface area is 115 Å². The van der Waals surface area contributed by atoms with Crippen molar-refractivity contribution in [1.29, 1.82) is 0 Å².